The maximum Gasteiger partial charge on any atom is 0.252 e. The van der Waals surface area contributed by atoms with Gasteiger partial charge in [0.1, 0.15) is 4.21 Å². The van der Waals surface area contributed by atoms with Crippen LogP contribution >= 0.6 is 11.3 Å². The van der Waals surface area contributed by atoms with Crippen LogP contribution in [0.4, 0.5) is 0 Å². The smallest absolute Gasteiger partial charge is 0.252 e. The molecular weight excluding hydrogens is 292 g/mol. The molecule has 4 nitrogen and oxygen atoms in total. The van der Waals surface area contributed by atoms with Crippen molar-refractivity contribution in [2.24, 2.45) is 5.92 Å². The molecule has 1 aromatic rings. The maximum absolute atomic E-state index is 12.5. The molecule has 6 heteroatoms. The maximum atomic E-state index is 12.5. The van der Waals surface area contributed by atoms with Crippen LogP contribution in [-0.4, -0.2) is 32.4 Å². The molecule has 0 aliphatic carbocycles. The van der Waals surface area contributed by atoms with E-state index in [-0.39, 0.29) is 0 Å². The molecule has 116 valence electrons. The number of thiophene rings is 1. The molecule has 0 spiro atoms. The highest BCUT2D eigenvalue weighted by atomic mass is 32.2. The minimum atomic E-state index is -3.34. The largest absolute Gasteiger partial charge is 0.310 e. The number of nitrogens with zero attached hydrogens (tertiary/aromatic N) is 1. The summed E-state index contributed by atoms with van der Waals surface area (Å²) >= 11 is 1.30. The number of nitrogens with one attached hydrogen (secondary N) is 1. The van der Waals surface area contributed by atoms with Crippen LogP contribution in [-0.2, 0) is 16.6 Å². The highest BCUT2D eigenvalue weighted by Crippen LogP contribution is 2.24. The predicted molar refractivity (Wildman–Crippen MR) is 85.6 cm³/mol. The predicted octanol–water partition coefficient (Wildman–Crippen LogP) is 2.91. The lowest BCUT2D eigenvalue weighted by molar-refractivity contribution is 0.394. The van der Waals surface area contributed by atoms with Gasteiger partial charge < -0.3 is 5.32 Å². The van der Waals surface area contributed by atoms with Crippen LogP contribution < -0.4 is 5.32 Å². The van der Waals surface area contributed by atoms with Gasteiger partial charge in [-0.25, -0.2) is 8.42 Å². The standard InChI is InChI=1S/C14H26N2O2S2/c1-6-12(4)9-16(5)20(17,18)14-7-13(10-19-14)8-15-11(2)3/h7,10-12,15H,6,8-9H2,1-5H3. The van der Waals surface area contributed by atoms with Crippen LogP contribution in [0, 0.1) is 5.92 Å². The van der Waals surface area contributed by atoms with Crippen molar-refractivity contribution in [3.05, 3.63) is 17.0 Å². The summed E-state index contributed by atoms with van der Waals surface area (Å²) in [6.07, 6.45) is 0.980. The molecule has 1 atom stereocenters. The number of rotatable bonds is 8. The van der Waals surface area contributed by atoms with Crippen LogP contribution in [0.1, 0.15) is 39.7 Å². The highest BCUT2D eigenvalue weighted by molar-refractivity contribution is 7.91. The van der Waals surface area contributed by atoms with Crippen molar-refractivity contribution in [1.29, 1.82) is 0 Å². The topological polar surface area (TPSA) is 49.4 Å². The fourth-order valence-corrected chi connectivity index (χ4v) is 4.43. The summed E-state index contributed by atoms with van der Waals surface area (Å²) in [5, 5.41) is 5.21. The molecule has 0 fully saturated rings. The average Bonchev–Trinajstić information content (AvgIpc) is 2.85. The third-order valence-electron chi connectivity index (χ3n) is 3.27. The van der Waals surface area contributed by atoms with E-state index in [1.54, 1.807) is 13.1 Å². The summed E-state index contributed by atoms with van der Waals surface area (Å²) < 4.78 is 26.8. The molecule has 0 aliphatic heterocycles. The Morgan fingerprint density at radius 3 is 2.55 bits per heavy atom. The zero-order valence-electron chi connectivity index (χ0n) is 13.0. The Kier molecular flexibility index (Phi) is 6.64. The second-order valence-electron chi connectivity index (χ2n) is 5.61. The third kappa shape index (κ3) is 4.84. The van der Waals surface area contributed by atoms with E-state index in [1.165, 1.54) is 15.6 Å². The molecule has 0 bridgehead atoms. The first-order chi connectivity index (χ1) is 9.27. The van der Waals surface area contributed by atoms with Crippen molar-refractivity contribution in [1.82, 2.24) is 9.62 Å². The van der Waals surface area contributed by atoms with Gasteiger partial charge in [-0.3, -0.25) is 0 Å². The van der Waals surface area contributed by atoms with Crippen molar-refractivity contribution in [2.45, 2.75) is 50.9 Å². The number of hydrogen-bond acceptors (Lipinski definition) is 4. The molecule has 1 unspecified atom stereocenters. The van der Waals surface area contributed by atoms with Gasteiger partial charge in [-0.2, -0.15) is 4.31 Å². The molecule has 1 heterocycles. The molecule has 0 saturated carbocycles. The average molecular weight is 319 g/mol. The molecule has 0 aliphatic rings. The summed E-state index contributed by atoms with van der Waals surface area (Å²) in [6, 6.07) is 2.17. The van der Waals surface area contributed by atoms with Gasteiger partial charge in [-0.1, -0.05) is 34.1 Å². The quantitative estimate of drug-likeness (QED) is 0.802. The second kappa shape index (κ2) is 7.54. The third-order valence-corrected chi connectivity index (χ3v) is 6.56. The Morgan fingerprint density at radius 2 is 2.00 bits per heavy atom. The van der Waals surface area contributed by atoms with E-state index in [0.717, 1.165) is 12.0 Å². The molecule has 1 N–H and O–H groups in total. The minimum absolute atomic E-state index is 0.372. The first kappa shape index (κ1) is 17.6. The molecule has 0 aromatic carbocycles. The Bertz CT molecular complexity index is 509. The fourth-order valence-electron chi connectivity index (χ4n) is 1.72. The zero-order chi connectivity index (χ0) is 15.3. The molecule has 1 aromatic heterocycles. The van der Waals surface area contributed by atoms with E-state index in [0.29, 0.717) is 29.3 Å². The van der Waals surface area contributed by atoms with Gasteiger partial charge in [0.15, 0.2) is 0 Å². The summed E-state index contributed by atoms with van der Waals surface area (Å²) in [6.45, 7) is 9.56. The van der Waals surface area contributed by atoms with Crippen LogP contribution in [0.15, 0.2) is 15.7 Å². The van der Waals surface area contributed by atoms with Crippen LogP contribution in [0.3, 0.4) is 0 Å². The summed E-state index contributed by atoms with van der Waals surface area (Å²) in [5.41, 5.74) is 1.03. The number of hydrogen-bond donors (Lipinski definition) is 1. The molecule has 0 radical (unpaired) electrons. The summed E-state index contributed by atoms with van der Waals surface area (Å²) in [4.78, 5) is 0. The SMILES string of the molecule is CCC(C)CN(C)S(=O)(=O)c1cc(CNC(C)C)cs1. The van der Waals surface area contributed by atoms with Crippen LogP contribution in [0.5, 0.6) is 0 Å². The van der Waals surface area contributed by atoms with Crippen molar-refractivity contribution < 1.29 is 8.42 Å². The lowest BCUT2D eigenvalue weighted by Crippen LogP contribution is -2.30. The monoisotopic (exact) mass is 318 g/mol. The van der Waals surface area contributed by atoms with E-state index in [4.69, 9.17) is 0 Å². The van der Waals surface area contributed by atoms with E-state index in [9.17, 15) is 8.42 Å². The van der Waals surface area contributed by atoms with Crippen molar-refractivity contribution in [2.75, 3.05) is 13.6 Å². The van der Waals surface area contributed by atoms with Gasteiger partial charge in [0.25, 0.3) is 10.0 Å². The van der Waals surface area contributed by atoms with Gasteiger partial charge in [-0.15, -0.1) is 11.3 Å². The molecule has 20 heavy (non-hydrogen) atoms. The Morgan fingerprint density at radius 1 is 1.35 bits per heavy atom. The molecule has 0 saturated heterocycles. The minimum Gasteiger partial charge on any atom is -0.310 e. The molecule has 0 amide bonds. The van der Waals surface area contributed by atoms with Gasteiger partial charge in [0, 0.05) is 26.2 Å². The first-order valence-electron chi connectivity index (χ1n) is 7.04. The Balaban J connectivity index is 2.77. The van der Waals surface area contributed by atoms with E-state index in [2.05, 4.69) is 33.0 Å². The molecular formula is C14H26N2O2S2. The van der Waals surface area contributed by atoms with Crippen molar-refractivity contribution in [3.63, 3.8) is 0 Å². The highest BCUT2D eigenvalue weighted by Gasteiger charge is 2.23. The fraction of sp³-hybridized carbons (Fsp3) is 0.714. The zero-order valence-corrected chi connectivity index (χ0v) is 14.6. The Hall–Kier alpha value is -0.430. The van der Waals surface area contributed by atoms with Gasteiger partial charge in [0.05, 0.1) is 0 Å². The second-order valence-corrected chi connectivity index (χ2v) is 8.79. The van der Waals surface area contributed by atoms with Gasteiger partial charge in [-0.05, 0) is 22.9 Å². The lowest BCUT2D eigenvalue weighted by Gasteiger charge is -2.19. The van der Waals surface area contributed by atoms with E-state index < -0.39 is 10.0 Å². The van der Waals surface area contributed by atoms with E-state index >= 15 is 0 Å². The van der Waals surface area contributed by atoms with E-state index in [1.807, 2.05) is 5.38 Å². The van der Waals surface area contributed by atoms with Gasteiger partial charge >= 0.3 is 0 Å². The number of sulfonamides is 1. The van der Waals surface area contributed by atoms with Crippen molar-refractivity contribution in [3.8, 4) is 0 Å². The lowest BCUT2D eigenvalue weighted by atomic mass is 10.1. The van der Waals surface area contributed by atoms with Crippen molar-refractivity contribution >= 4 is 21.4 Å². The normalized spacial score (nSPS) is 14.2. The van der Waals surface area contributed by atoms with Crippen LogP contribution in [0.25, 0.3) is 0 Å². The summed E-state index contributed by atoms with van der Waals surface area (Å²) in [7, 11) is -1.68. The Labute approximate surface area is 127 Å². The van der Waals surface area contributed by atoms with Crippen LogP contribution in [0.2, 0.25) is 0 Å². The summed E-state index contributed by atoms with van der Waals surface area (Å²) in [5.74, 6) is 0.372. The van der Waals surface area contributed by atoms with Gasteiger partial charge in [0.2, 0.25) is 0 Å². The molecule has 1 rings (SSSR count). The first-order valence-corrected chi connectivity index (χ1v) is 9.36.